The average Bonchev–Trinajstić information content (AvgIpc) is 2.64. The van der Waals surface area contributed by atoms with Gasteiger partial charge < -0.3 is 10.1 Å². The van der Waals surface area contributed by atoms with Gasteiger partial charge in [0.25, 0.3) is 0 Å². The van der Waals surface area contributed by atoms with Crippen LogP contribution in [-0.2, 0) is 11.2 Å². The second-order valence-electron chi connectivity index (χ2n) is 3.96. The molecule has 0 radical (unpaired) electrons. The largest absolute Gasteiger partial charge is 0.464 e. The second kappa shape index (κ2) is 3.73. The summed E-state index contributed by atoms with van der Waals surface area (Å²) in [5, 5.41) is 7.45. The van der Waals surface area contributed by atoms with Crippen molar-refractivity contribution in [2.45, 2.75) is 12.8 Å². The molecule has 6 nitrogen and oxygen atoms in total. The van der Waals surface area contributed by atoms with Crippen molar-refractivity contribution in [1.82, 2.24) is 14.6 Å². The van der Waals surface area contributed by atoms with E-state index in [0.29, 0.717) is 5.82 Å². The lowest BCUT2D eigenvalue weighted by molar-refractivity contribution is 0.0593. The van der Waals surface area contributed by atoms with Crippen molar-refractivity contribution in [3.8, 4) is 0 Å². The van der Waals surface area contributed by atoms with E-state index in [9.17, 15) is 4.79 Å². The molecular weight excluding hydrogens is 220 g/mol. The fourth-order valence-electron chi connectivity index (χ4n) is 2.07. The minimum Gasteiger partial charge on any atom is -0.464 e. The van der Waals surface area contributed by atoms with Gasteiger partial charge in [-0.3, -0.25) is 0 Å². The molecule has 1 N–H and O–H groups in total. The summed E-state index contributed by atoms with van der Waals surface area (Å²) in [6.07, 6.45) is 5.43. The molecule has 0 fully saturated rings. The minimum absolute atomic E-state index is 0.263. The number of aryl methyl sites for hydroxylation is 1. The van der Waals surface area contributed by atoms with Gasteiger partial charge in [-0.25, -0.2) is 14.3 Å². The van der Waals surface area contributed by atoms with Gasteiger partial charge in [0, 0.05) is 12.1 Å². The maximum absolute atomic E-state index is 11.5. The first kappa shape index (κ1) is 10.1. The monoisotopic (exact) mass is 232 g/mol. The Hall–Kier alpha value is -2.11. The summed E-state index contributed by atoms with van der Waals surface area (Å²) in [5.74, 6) is 0.254. The standard InChI is InChI=1S/C11H12N4O2/c1-17-11(16)8-6-15-9-7(5-13-15)3-2-4-12-10(9)14-8/h5-6H,2-4H2,1H3,(H,12,14). The van der Waals surface area contributed by atoms with Crippen LogP contribution in [0.15, 0.2) is 12.4 Å². The zero-order chi connectivity index (χ0) is 11.8. The number of carbonyl (C=O) groups excluding carboxylic acids is 1. The summed E-state index contributed by atoms with van der Waals surface area (Å²) in [4.78, 5) is 15.8. The van der Waals surface area contributed by atoms with E-state index in [2.05, 4.69) is 20.1 Å². The van der Waals surface area contributed by atoms with Crippen molar-refractivity contribution >= 4 is 17.3 Å². The number of hydrogen-bond acceptors (Lipinski definition) is 5. The zero-order valence-corrected chi connectivity index (χ0v) is 9.43. The Bertz CT molecular complexity index is 590. The summed E-state index contributed by atoms with van der Waals surface area (Å²) in [6, 6.07) is 0. The molecule has 6 heteroatoms. The highest BCUT2D eigenvalue weighted by Gasteiger charge is 2.18. The van der Waals surface area contributed by atoms with Crippen LogP contribution in [0.1, 0.15) is 22.5 Å². The molecule has 0 aliphatic carbocycles. The molecule has 2 aromatic rings. The van der Waals surface area contributed by atoms with Gasteiger partial charge in [0.1, 0.15) is 5.52 Å². The molecule has 0 unspecified atom stereocenters. The molecule has 3 rings (SSSR count). The first-order valence-corrected chi connectivity index (χ1v) is 5.49. The van der Waals surface area contributed by atoms with E-state index in [-0.39, 0.29) is 5.69 Å². The van der Waals surface area contributed by atoms with Crippen LogP contribution in [0.2, 0.25) is 0 Å². The maximum Gasteiger partial charge on any atom is 0.358 e. The number of anilines is 1. The van der Waals surface area contributed by atoms with Crippen LogP contribution in [0.4, 0.5) is 5.82 Å². The molecular formula is C11H12N4O2. The molecule has 0 saturated carbocycles. The van der Waals surface area contributed by atoms with Crippen LogP contribution < -0.4 is 5.32 Å². The third-order valence-electron chi connectivity index (χ3n) is 2.88. The molecule has 0 aromatic carbocycles. The summed E-state index contributed by atoms with van der Waals surface area (Å²) < 4.78 is 6.35. The summed E-state index contributed by atoms with van der Waals surface area (Å²) in [7, 11) is 1.34. The second-order valence-corrected chi connectivity index (χ2v) is 3.96. The normalized spacial score (nSPS) is 14.2. The Kier molecular flexibility index (Phi) is 2.21. The first-order valence-electron chi connectivity index (χ1n) is 5.49. The van der Waals surface area contributed by atoms with E-state index >= 15 is 0 Å². The number of ether oxygens (including phenoxy) is 1. The minimum atomic E-state index is -0.453. The topological polar surface area (TPSA) is 68.5 Å². The molecule has 0 bridgehead atoms. The van der Waals surface area contributed by atoms with Gasteiger partial charge in [0.2, 0.25) is 0 Å². The smallest absolute Gasteiger partial charge is 0.358 e. The number of hydrogen-bond donors (Lipinski definition) is 1. The van der Waals surface area contributed by atoms with E-state index in [4.69, 9.17) is 0 Å². The highest BCUT2D eigenvalue weighted by Crippen LogP contribution is 2.23. The molecule has 2 aromatic heterocycles. The lowest BCUT2D eigenvalue weighted by Crippen LogP contribution is -2.10. The van der Waals surface area contributed by atoms with E-state index in [1.54, 1.807) is 10.7 Å². The number of methoxy groups -OCH3 is 1. The van der Waals surface area contributed by atoms with Crippen LogP contribution in [-0.4, -0.2) is 34.2 Å². The number of carbonyl (C=O) groups is 1. The van der Waals surface area contributed by atoms with Crippen molar-refractivity contribution in [2.24, 2.45) is 0 Å². The lowest BCUT2D eigenvalue weighted by atomic mass is 10.2. The molecule has 0 amide bonds. The van der Waals surface area contributed by atoms with Crippen molar-refractivity contribution in [3.63, 3.8) is 0 Å². The molecule has 0 atom stereocenters. The number of aromatic nitrogens is 3. The fraction of sp³-hybridized carbons (Fsp3) is 0.364. The highest BCUT2D eigenvalue weighted by atomic mass is 16.5. The Morgan fingerprint density at radius 2 is 2.47 bits per heavy atom. The Morgan fingerprint density at radius 3 is 3.29 bits per heavy atom. The van der Waals surface area contributed by atoms with Crippen LogP contribution in [0.25, 0.3) is 5.52 Å². The van der Waals surface area contributed by atoms with Crippen LogP contribution >= 0.6 is 0 Å². The van der Waals surface area contributed by atoms with Gasteiger partial charge in [0.05, 0.1) is 19.5 Å². The van der Waals surface area contributed by atoms with Crippen LogP contribution in [0, 0.1) is 0 Å². The summed E-state index contributed by atoms with van der Waals surface area (Å²) in [6.45, 7) is 0.849. The Morgan fingerprint density at radius 1 is 1.59 bits per heavy atom. The van der Waals surface area contributed by atoms with Gasteiger partial charge in [0.15, 0.2) is 11.5 Å². The van der Waals surface area contributed by atoms with E-state index in [1.807, 2.05) is 6.20 Å². The SMILES string of the molecule is COC(=O)c1cn2ncc3c2c(n1)NCCC3. The van der Waals surface area contributed by atoms with E-state index in [0.717, 1.165) is 30.5 Å². The maximum atomic E-state index is 11.5. The molecule has 1 aliphatic heterocycles. The van der Waals surface area contributed by atoms with Gasteiger partial charge in [-0.2, -0.15) is 5.10 Å². The molecule has 17 heavy (non-hydrogen) atoms. The summed E-state index contributed by atoms with van der Waals surface area (Å²) >= 11 is 0. The average molecular weight is 232 g/mol. The Balaban J connectivity index is 2.24. The molecule has 1 aliphatic rings. The van der Waals surface area contributed by atoms with Crippen LogP contribution in [0.5, 0.6) is 0 Å². The zero-order valence-electron chi connectivity index (χ0n) is 9.43. The van der Waals surface area contributed by atoms with E-state index in [1.165, 1.54) is 7.11 Å². The number of rotatable bonds is 1. The molecule has 88 valence electrons. The van der Waals surface area contributed by atoms with Crippen molar-refractivity contribution in [3.05, 3.63) is 23.7 Å². The number of nitrogens with one attached hydrogen (secondary N) is 1. The molecule has 3 heterocycles. The Labute approximate surface area is 97.6 Å². The first-order chi connectivity index (χ1) is 8.29. The molecule has 0 spiro atoms. The molecule has 0 saturated heterocycles. The van der Waals surface area contributed by atoms with Gasteiger partial charge in [-0.1, -0.05) is 0 Å². The quantitative estimate of drug-likeness (QED) is 0.739. The predicted octanol–water partition coefficient (Wildman–Crippen LogP) is 0.874. The van der Waals surface area contributed by atoms with Crippen molar-refractivity contribution < 1.29 is 9.53 Å². The number of nitrogens with zero attached hydrogens (tertiary/aromatic N) is 3. The predicted molar refractivity (Wildman–Crippen MR) is 61.1 cm³/mol. The van der Waals surface area contributed by atoms with Crippen LogP contribution in [0.3, 0.4) is 0 Å². The van der Waals surface area contributed by atoms with Gasteiger partial charge in [-0.15, -0.1) is 0 Å². The lowest BCUT2D eigenvalue weighted by Gasteiger charge is -2.06. The van der Waals surface area contributed by atoms with E-state index < -0.39 is 5.97 Å². The number of esters is 1. The van der Waals surface area contributed by atoms with Crippen molar-refractivity contribution in [2.75, 3.05) is 19.0 Å². The van der Waals surface area contributed by atoms with Crippen molar-refractivity contribution in [1.29, 1.82) is 0 Å². The fourth-order valence-corrected chi connectivity index (χ4v) is 2.07. The highest BCUT2D eigenvalue weighted by molar-refractivity contribution is 5.88. The third kappa shape index (κ3) is 1.52. The third-order valence-corrected chi connectivity index (χ3v) is 2.88. The summed E-state index contributed by atoms with van der Waals surface area (Å²) in [5.41, 5.74) is 2.38. The van der Waals surface area contributed by atoms with Gasteiger partial charge >= 0.3 is 5.97 Å². The van der Waals surface area contributed by atoms with Gasteiger partial charge in [-0.05, 0) is 12.8 Å².